The molecule has 3 rings (SSSR count). The van der Waals surface area contributed by atoms with Crippen LogP contribution in [0.3, 0.4) is 0 Å². The average molecular weight is 289 g/mol. The first-order chi connectivity index (χ1) is 10.3. The Bertz CT molecular complexity index is 469. The lowest BCUT2D eigenvalue weighted by atomic mass is 10.1. The average Bonchev–Trinajstić information content (AvgIpc) is 2.55. The fourth-order valence-electron chi connectivity index (χ4n) is 2.85. The largest absolute Gasteiger partial charge is 0.378 e. The maximum atomic E-state index is 11.7. The van der Waals surface area contributed by atoms with Crippen LogP contribution >= 0.6 is 0 Å². The molecule has 0 bridgehead atoms. The van der Waals surface area contributed by atoms with Crippen molar-refractivity contribution in [2.45, 2.75) is 25.4 Å². The van der Waals surface area contributed by atoms with Crippen molar-refractivity contribution < 1.29 is 9.53 Å². The fourth-order valence-corrected chi connectivity index (χ4v) is 2.85. The van der Waals surface area contributed by atoms with E-state index in [2.05, 4.69) is 39.8 Å². The van der Waals surface area contributed by atoms with E-state index in [0.29, 0.717) is 0 Å². The van der Waals surface area contributed by atoms with E-state index in [1.54, 1.807) is 0 Å². The molecule has 2 N–H and O–H groups in total. The molecule has 0 aromatic heterocycles. The SMILES string of the molecule is O=C1NCCCC1NCc1ccc(N2CCOCC2)cc1. The predicted octanol–water partition coefficient (Wildman–Crippen LogP) is 0.891. The standard InChI is InChI=1S/C16H23N3O2/c20-16-15(2-1-7-17-16)18-12-13-3-5-14(6-4-13)19-8-10-21-11-9-19/h3-6,15,18H,1-2,7-12H2,(H,17,20). The monoisotopic (exact) mass is 289 g/mol. The van der Waals surface area contributed by atoms with Crippen molar-refractivity contribution in [2.75, 3.05) is 37.7 Å². The van der Waals surface area contributed by atoms with E-state index in [4.69, 9.17) is 4.74 Å². The number of rotatable bonds is 4. The smallest absolute Gasteiger partial charge is 0.237 e. The molecule has 21 heavy (non-hydrogen) atoms. The summed E-state index contributed by atoms with van der Waals surface area (Å²) in [6.07, 6.45) is 1.98. The Morgan fingerprint density at radius 1 is 1.24 bits per heavy atom. The molecule has 0 aliphatic carbocycles. The summed E-state index contributed by atoms with van der Waals surface area (Å²) in [5.74, 6) is 0.131. The van der Waals surface area contributed by atoms with E-state index < -0.39 is 0 Å². The maximum absolute atomic E-state index is 11.7. The minimum absolute atomic E-state index is 0.0438. The van der Waals surface area contributed by atoms with E-state index in [0.717, 1.165) is 52.2 Å². The number of amides is 1. The van der Waals surface area contributed by atoms with Crippen molar-refractivity contribution in [2.24, 2.45) is 0 Å². The van der Waals surface area contributed by atoms with Crippen molar-refractivity contribution in [1.82, 2.24) is 10.6 Å². The van der Waals surface area contributed by atoms with Crippen LogP contribution in [-0.4, -0.2) is 44.8 Å². The fraction of sp³-hybridized carbons (Fsp3) is 0.562. The zero-order valence-electron chi connectivity index (χ0n) is 12.3. The molecule has 2 heterocycles. The molecular formula is C16H23N3O2. The van der Waals surface area contributed by atoms with Gasteiger partial charge in [0.1, 0.15) is 0 Å². The zero-order chi connectivity index (χ0) is 14.5. The third-order valence-electron chi connectivity index (χ3n) is 4.15. The molecule has 1 atom stereocenters. The lowest BCUT2D eigenvalue weighted by molar-refractivity contribution is -0.124. The first kappa shape index (κ1) is 14.4. The molecule has 2 aliphatic heterocycles. The first-order valence-electron chi connectivity index (χ1n) is 7.76. The highest BCUT2D eigenvalue weighted by Crippen LogP contribution is 2.17. The second-order valence-electron chi connectivity index (χ2n) is 5.63. The summed E-state index contributed by atoms with van der Waals surface area (Å²) in [7, 11) is 0. The van der Waals surface area contributed by atoms with Crippen LogP contribution in [-0.2, 0) is 16.1 Å². The molecule has 1 amide bonds. The Labute approximate surface area is 125 Å². The molecule has 2 saturated heterocycles. The van der Waals surface area contributed by atoms with Gasteiger partial charge in [-0.2, -0.15) is 0 Å². The lowest BCUT2D eigenvalue weighted by Gasteiger charge is -2.29. The van der Waals surface area contributed by atoms with Gasteiger partial charge in [0, 0.05) is 31.9 Å². The Balaban J connectivity index is 1.53. The number of ether oxygens (including phenoxy) is 1. The van der Waals surface area contributed by atoms with Crippen LogP contribution in [0, 0.1) is 0 Å². The van der Waals surface area contributed by atoms with Crippen LogP contribution in [0.15, 0.2) is 24.3 Å². The van der Waals surface area contributed by atoms with Gasteiger partial charge in [0.05, 0.1) is 19.3 Å². The molecule has 0 radical (unpaired) electrons. The summed E-state index contributed by atoms with van der Waals surface area (Å²) in [5.41, 5.74) is 2.46. The molecular weight excluding hydrogens is 266 g/mol. The van der Waals surface area contributed by atoms with Crippen LogP contribution < -0.4 is 15.5 Å². The zero-order valence-corrected chi connectivity index (χ0v) is 12.3. The topological polar surface area (TPSA) is 53.6 Å². The van der Waals surface area contributed by atoms with Gasteiger partial charge in [0.2, 0.25) is 5.91 Å². The van der Waals surface area contributed by atoms with Crippen LogP contribution in [0.1, 0.15) is 18.4 Å². The summed E-state index contributed by atoms with van der Waals surface area (Å²) >= 11 is 0. The van der Waals surface area contributed by atoms with Gasteiger partial charge in [0.25, 0.3) is 0 Å². The van der Waals surface area contributed by atoms with Crippen molar-refractivity contribution >= 4 is 11.6 Å². The van der Waals surface area contributed by atoms with Gasteiger partial charge in [0.15, 0.2) is 0 Å². The minimum Gasteiger partial charge on any atom is -0.378 e. The van der Waals surface area contributed by atoms with E-state index in [9.17, 15) is 4.79 Å². The highest BCUT2D eigenvalue weighted by molar-refractivity contribution is 5.82. The van der Waals surface area contributed by atoms with Gasteiger partial charge in [-0.15, -0.1) is 0 Å². The number of hydrogen-bond donors (Lipinski definition) is 2. The lowest BCUT2D eigenvalue weighted by Crippen LogP contribution is -2.47. The second-order valence-corrected chi connectivity index (χ2v) is 5.63. The Hall–Kier alpha value is -1.59. The second kappa shape index (κ2) is 6.91. The maximum Gasteiger partial charge on any atom is 0.237 e. The third kappa shape index (κ3) is 3.74. The van der Waals surface area contributed by atoms with Gasteiger partial charge >= 0.3 is 0 Å². The summed E-state index contributed by atoms with van der Waals surface area (Å²) < 4.78 is 5.37. The van der Waals surface area contributed by atoms with Crippen molar-refractivity contribution in [3.05, 3.63) is 29.8 Å². The summed E-state index contributed by atoms with van der Waals surface area (Å²) in [6.45, 7) is 5.08. The molecule has 2 aliphatic rings. The summed E-state index contributed by atoms with van der Waals surface area (Å²) in [6, 6.07) is 8.54. The predicted molar refractivity (Wildman–Crippen MR) is 82.3 cm³/mol. The summed E-state index contributed by atoms with van der Waals surface area (Å²) in [5, 5.41) is 6.24. The highest BCUT2D eigenvalue weighted by atomic mass is 16.5. The number of nitrogens with zero attached hydrogens (tertiary/aromatic N) is 1. The molecule has 0 spiro atoms. The number of benzene rings is 1. The Kier molecular flexibility index (Phi) is 4.72. The van der Waals surface area contributed by atoms with Crippen molar-refractivity contribution in [3.63, 3.8) is 0 Å². The number of morpholine rings is 1. The molecule has 0 saturated carbocycles. The van der Waals surface area contributed by atoms with Crippen molar-refractivity contribution in [1.29, 1.82) is 0 Å². The van der Waals surface area contributed by atoms with Gasteiger partial charge < -0.3 is 20.3 Å². The molecule has 5 nitrogen and oxygen atoms in total. The Morgan fingerprint density at radius 2 is 2.00 bits per heavy atom. The molecule has 1 aromatic carbocycles. The molecule has 2 fully saturated rings. The minimum atomic E-state index is -0.0438. The van der Waals surface area contributed by atoms with Crippen LogP contribution in [0.25, 0.3) is 0 Å². The van der Waals surface area contributed by atoms with Gasteiger partial charge in [-0.1, -0.05) is 12.1 Å². The number of carbonyl (C=O) groups is 1. The van der Waals surface area contributed by atoms with Crippen molar-refractivity contribution in [3.8, 4) is 0 Å². The summed E-state index contributed by atoms with van der Waals surface area (Å²) in [4.78, 5) is 14.0. The van der Waals surface area contributed by atoms with Crippen LogP contribution in [0.4, 0.5) is 5.69 Å². The molecule has 1 aromatic rings. The van der Waals surface area contributed by atoms with Crippen LogP contribution in [0.5, 0.6) is 0 Å². The number of hydrogen-bond acceptors (Lipinski definition) is 4. The molecule has 114 valence electrons. The van der Waals surface area contributed by atoms with Gasteiger partial charge in [-0.3, -0.25) is 4.79 Å². The normalized spacial score (nSPS) is 23.0. The molecule has 1 unspecified atom stereocenters. The van der Waals surface area contributed by atoms with E-state index in [1.807, 2.05) is 0 Å². The van der Waals surface area contributed by atoms with Gasteiger partial charge in [-0.05, 0) is 30.5 Å². The number of anilines is 1. The van der Waals surface area contributed by atoms with E-state index in [1.165, 1.54) is 11.3 Å². The van der Waals surface area contributed by atoms with Crippen LogP contribution in [0.2, 0.25) is 0 Å². The van der Waals surface area contributed by atoms with E-state index in [-0.39, 0.29) is 11.9 Å². The van der Waals surface area contributed by atoms with E-state index >= 15 is 0 Å². The Morgan fingerprint density at radius 3 is 2.71 bits per heavy atom. The number of carbonyl (C=O) groups excluding carboxylic acids is 1. The quantitative estimate of drug-likeness (QED) is 0.864. The highest BCUT2D eigenvalue weighted by Gasteiger charge is 2.20. The van der Waals surface area contributed by atoms with Gasteiger partial charge in [-0.25, -0.2) is 0 Å². The number of piperidine rings is 1. The number of nitrogens with one attached hydrogen (secondary N) is 2. The molecule has 5 heteroatoms. The first-order valence-corrected chi connectivity index (χ1v) is 7.76. The third-order valence-corrected chi connectivity index (χ3v) is 4.15.